The molecule has 1 aromatic rings. The summed E-state index contributed by atoms with van der Waals surface area (Å²) in [6, 6.07) is 8.33. The Hall–Kier alpha value is -0.380. The van der Waals surface area contributed by atoms with Crippen LogP contribution in [0.15, 0.2) is 28.7 Å². The van der Waals surface area contributed by atoms with Gasteiger partial charge in [-0.3, -0.25) is 0 Å². The highest BCUT2D eigenvalue weighted by molar-refractivity contribution is 9.10. The number of methoxy groups -OCH3 is 1. The van der Waals surface area contributed by atoms with Crippen molar-refractivity contribution in [2.24, 2.45) is 0 Å². The van der Waals surface area contributed by atoms with Crippen molar-refractivity contribution in [1.82, 2.24) is 5.32 Å². The van der Waals surface area contributed by atoms with Gasteiger partial charge in [-0.1, -0.05) is 34.1 Å². The Labute approximate surface area is 113 Å². The van der Waals surface area contributed by atoms with E-state index in [0.717, 1.165) is 17.6 Å². The summed E-state index contributed by atoms with van der Waals surface area (Å²) in [7, 11) is 1.75. The van der Waals surface area contributed by atoms with Crippen LogP contribution in [0.4, 0.5) is 0 Å². The predicted octanol–water partition coefficient (Wildman–Crippen LogP) is 3.57. The minimum absolute atomic E-state index is 0.132. The molecule has 17 heavy (non-hydrogen) atoms. The van der Waals surface area contributed by atoms with E-state index < -0.39 is 0 Å². The van der Waals surface area contributed by atoms with Crippen LogP contribution in [0.25, 0.3) is 0 Å². The van der Waals surface area contributed by atoms with Crippen molar-refractivity contribution in [1.29, 1.82) is 0 Å². The molecular weight excluding hydrogens is 278 g/mol. The molecule has 0 saturated heterocycles. The summed E-state index contributed by atoms with van der Waals surface area (Å²) < 4.78 is 6.47. The van der Waals surface area contributed by atoms with E-state index in [4.69, 9.17) is 4.74 Å². The molecular formula is C14H22BrNO. The zero-order valence-corrected chi connectivity index (χ0v) is 12.7. The van der Waals surface area contributed by atoms with Gasteiger partial charge in [0.05, 0.1) is 6.61 Å². The Morgan fingerprint density at radius 2 is 1.94 bits per heavy atom. The molecule has 0 aliphatic carbocycles. The van der Waals surface area contributed by atoms with Crippen LogP contribution in [-0.2, 0) is 4.74 Å². The molecule has 0 radical (unpaired) electrons. The van der Waals surface area contributed by atoms with Crippen molar-refractivity contribution in [3.8, 4) is 0 Å². The molecule has 1 aromatic carbocycles. The zero-order chi connectivity index (χ0) is 12.9. The second-order valence-electron chi connectivity index (χ2n) is 5.30. The number of benzene rings is 1. The number of rotatable bonds is 5. The number of ether oxygens (including phenoxy) is 1. The fourth-order valence-corrected chi connectivity index (χ4v) is 2.30. The molecule has 0 bridgehead atoms. The molecule has 1 rings (SSSR count). The predicted molar refractivity (Wildman–Crippen MR) is 76.5 cm³/mol. The van der Waals surface area contributed by atoms with Gasteiger partial charge in [0, 0.05) is 29.6 Å². The number of hydrogen-bond acceptors (Lipinski definition) is 2. The summed E-state index contributed by atoms with van der Waals surface area (Å²) >= 11 is 3.60. The lowest BCUT2D eigenvalue weighted by Gasteiger charge is -2.25. The summed E-state index contributed by atoms with van der Waals surface area (Å²) in [6.45, 7) is 8.18. The van der Waals surface area contributed by atoms with Crippen LogP contribution in [0.5, 0.6) is 0 Å². The van der Waals surface area contributed by atoms with Crippen molar-refractivity contribution in [3.05, 3.63) is 34.3 Å². The lowest BCUT2D eigenvalue weighted by Crippen LogP contribution is -2.39. The molecule has 0 amide bonds. The third-order valence-corrected chi connectivity index (χ3v) is 3.31. The summed E-state index contributed by atoms with van der Waals surface area (Å²) in [5.74, 6) is 0.370. The topological polar surface area (TPSA) is 21.3 Å². The van der Waals surface area contributed by atoms with Gasteiger partial charge in [0.2, 0.25) is 0 Å². The molecule has 2 nitrogen and oxygen atoms in total. The Morgan fingerprint density at radius 1 is 1.29 bits per heavy atom. The molecule has 0 saturated carbocycles. The van der Waals surface area contributed by atoms with Gasteiger partial charge in [-0.25, -0.2) is 0 Å². The summed E-state index contributed by atoms with van der Waals surface area (Å²) in [4.78, 5) is 0. The minimum Gasteiger partial charge on any atom is -0.384 e. The first-order chi connectivity index (χ1) is 7.94. The van der Waals surface area contributed by atoms with Crippen LogP contribution >= 0.6 is 15.9 Å². The Morgan fingerprint density at radius 3 is 2.47 bits per heavy atom. The van der Waals surface area contributed by atoms with Crippen LogP contribution in [0.3, 0.4) is 0 Å². The van der Waals surface area contributed by atoms with Crippen LogP contribution in [0.2, 0.25) is 0 Å². The average molecular weight is 300 g/mol. The van der Waals surface area contributed by atoms with Crippen molar-refractivity contribution >= 4 is 15.9 Å². The van der Waals surface area contributed by atoms with Crippen molar-refractivity contribution in [3.63, 3.8) is 0 Å². The van der Waals surface area contributed by atoms with E-state index in [0.29, 0.717) is 5.92 Å². The summed E-state index contributed by atoms with van der Waals surface area (Å²) in [5.41, 5.74) is 1.43. The van der Waals surface area contributed by atoms with E-state index >= 15 is 0 Å². The lowest BCUT2D eigenvalue weighted by atomic mass is 9.98. The second-order valence-corrected chi connectivity index (χ2v) is 6.16. The van der Waals surface area contributed by atoms with Gasteiger partial charge in [-0.15, -0.1) is 0 Å². The van der Waals surface area contributed by atoms with Gasteiger partial charge in [0.15, 0.2) is 0 Å². The summed E-state index contributed by atoms with van der Waals surface area (Å²) in [6.07, 6.45) is 0. The second kappa shape index (κ2) is 6.53. The van der Waals surface area contributed by atoms with E-state index in [1.165, 1.54) is 5.56 Å². The Balaban J connectivity index is 2.75. The van der Waals surface area contributed by atoms with E-state index in [2.05, 4.69) is 60.2 Å². The molecule has 0 fully saturated rings. The molecule has 1 N–H and O–H groups in total. The minimum atomic E-state index is 0.132. The largest absolute Gasteiger partial charge is 0.384 e. The molecule has 3 heteroatoms. The molecule has 1 atom stereocenters. The normalized spacial score (nSPS) is 13.7. The van der Waals surface area contributed by atoms with Crippen molar-refractivity contribution in [2.75, 3.05) is 20.3 Å². The van der Waals surface area contributed by atoms with Crippen LogP contribution in [-0.4, -0.2) is 25.8 Å². The van der Waals surface area contributed by atoms with Crippen molar-refractivity contribution < 1.29 is 4.74 Å². The molecule has 0 aliphatic heterocycles. The van der Waals surface area contributed by atoms with Gasteiger partial charge < -0.3 is 10.1 Å². The molecule has 96 valence electrons. The maximum absolute atomic E-state index is 5.32. The molecule has 1 unspecified atom stereocenters. The van der Waals surface area contributed by atoms with E-state index in [1.807, 2.05) is 6.07 Å². The Bertz CT molecular complexity index is 346. The fraction of sp³-hybridized carbons (Fsp3) is 0.571. The van der Waals surface area contributed by atoms with Gasteiger partial charge in [-0.2, -0.15) is 0 Å². The SMILES string of the molecule is COCC(CNC(C)(C)C)c1ccccc1Br. The molecule has 0 heterocycles. The van der Waals surface area contributed by atoms with E-state index in [9.17, 15) is 0 Å². The quantitative estimate of drug-likeness (QED) is 0.897. The van der Waals surface area contributed by atoms with Crippen molar-refractivity contribution in [2.45, 2.75) is 32.2 Å². The number of hydrogen-bond donors (Lipinski definition) is 1. The smallest absolute Gasteiger partial charge is 0.0543 e. The third-order valence-electron chi connectivity index (χ3n) is 2.59. The monoisotopic (exact) mass is 299 g/mol. The molecule has 0 aliphatic rings. The molecule has 0 spiro atoms. The third kappa shape index (κ3) is 5.19. The van der Waals surface area contributed by atoms with Gasteiger partial charge in [0.1, 0.15) is 0 Å². The first-order valence-electron chi connectivity index (χ1n) is 5.92. The van der Waals surface area contributed by atoms with Crippen LogP contribution in [0, 0.1) is 0 Å². The molecule has 0 aromatic heterocycles. The van der Waals surface area contributed by atoms with Crippen LogP contribution in [0.1, 0.15) is 32.3 Å². The zero-order valence-electron chi connectivity index (χ0n) is 11.1. The highest BCUT2D eigenvalue weighted by atomic mass is 79.9. The fourth-order valence-electron chi connectivity index (χ4n) is 1.70. The maximum Gasteiger partial charge on any atom is 0.0543 e. The first-order valence-corrected chi connectivity index (χ1v) is 6.71. The van der Waals surface area contributed by atoms with E-state index in [1.54, 1.807) is 7.11 Å². The number of halogens is 1. The highest BCUT2D eigenvalue weighted by Crippen LogP contribution is 2.25. The van der Waals surface area contributed by atoms with Gasteiger partial charge >= 0.3 is 0 Å². The average Bonchev–Trinajstić information content (AvgIpc) is 2.24. The first kappa shape index (κ1) is 14.7. The van der Waals surface area contributed by atoms with Gasteiger partial charge in [-0.05, 0) is 32.4 Å². The summed E-state index contributed by atoms with van der Waals surface area (Å²) in [5, 5.41) is 3.53. The highest BCUT2D eigenvalue weighted by Gasteiger charge is 2.17. The van der Waals surface area contributed by atoms with Crippen LogP contribution < -0.4 is 5.32 Å². The Kier molecular flexibility index (Phi) is 5.63. The maximum atomic E-state index is 5.32. The van der Waals surface area contributed by atoms with E-state index in [-0.39, 0.29) is 5.54 Å². The number of nitrogens with one attached hydrogen (secondary N) is 1. The standard InChI is InChI=1S/C14H22BrNO/c1-14(2,3)16-9-11(10-17-4)12-7-5-6-8-13(12)15/h5-8,11,16H,9-10H2,1-4H3. The lowest BCUT2D eigenvalue weighted by molar-refractivity contribution is 0.174. The van der Waals surface area contributed by atoms with Gasteiger partial charge in [0.25, 0.3) is 0 Å².